The number of pyridine rings is 1. The zero-order valence-electron chi connectivity index (χ0n) is 15.2. The molecule has 8 heteroatoms. The van der Waals surface area contributed by atoms with Crippen molar-refractivity contribution in [2.45, 2.75) is 32.9 Å². The van der Waals surface area contributed by atoms with Crippen LogP contribution in [-0.4, -0.2) is 20.0 Å². The second kappa shape index (κ2) is 7.26. The molecular weight excluding hydrogens is 373 g/mol. The third kappa shape index (κ3) is 3.66. The normalized spacial score (nSPS) is 11.8. The summed E-state index contributed by atoms with van der Waals surface area (Å²) in [6.45, 7) is 4.02. The van der Waals surface area contributed by atoms with E-state index in [1.54, 1.807) is 11.6 Å². The Labute approximate surface area is 160 Å². The van der Waals surface area contributed by atoms with Crippen molar-refractivity contribution in [2.75, 3.05) is 5.32 Å². The Balaban J connectivity index is 2.20. The highest BCUT2D eigenvalue weighted by molar-refractivity contribution is 7.79. The average Bonchev–Trinajstić information content (AvgIpc) is 2.93. The van der Waals surface area contributed by atoms with Gasteiger partial charge >= 0.3 is 6.18 Å². The van der Waals surface area contributed by atoms with Gasteiger partial charge in [-0.25, -0.2) is 9.97 Å². The van der Waals surface area contributed by atoms with Crippen molar-refractivity contribution in [1.29, 1.82) is 0 Å². The Morgan fingerprint density at radius 1 is 1.26 bits per heavy atom. The third-order valence-corrected chi connectivity index (χ3v) is 4.60. The molecular formula is C19H19F3N4S. The van der Waals surface area contributed by atoms with E-state index in [2.05, 4.69) is 22.2 Å². The number of aryl methyl sites for hydroxylation is 3. The van der Waals surface area contributed by atoms with Crippen molar-refractivity contribution < 1.29 is 13.2 Å². The number of aromatic nitrogens is 3. The molecule has 1 aromatic carbocycles. The lowest BCUT2D eigenvalue weighted by molar-refractivity contribution is -0.141. The van der Waals surface area contributed by atoms with Crippen LogP contribution in [0.25, 0.3) is 22.4 Å². The van der Waals surface area contributed by atoms with E-state index in [1.165, 1.54) is 11.7 Å². The summed E-state index contributed by atoms with van der Waals surface area (Å²) in [5, 5.41) is 3.05. The van der Waals surface area contributed by atoms with Gasteiger partial charge in [-0.05, 0) is 42.7 Å². The fraction of sp³-hybridized carbons (Fsp3) is 0.316. The van der Waals surface area contributed by atoms with Gasteiger partial charge in [0.1, 0.15) is 11.5 Å². The second-order valence-corrected chi connectivity index (χ2v) is 6.62. The minimum atomic E-state index is -4.50. The maximum absolute atomic E-state index is 13.0. The number of nitrogens with one attached hydrogen (secondary N) is 1. The molecule has 0 fully saturated rings. The SMILES string of the molecule is CCCc1cc(NC=S)c(C)cc1-c1nc2cc(C(F)(F)F)ncc2n1C. The summed E-state index contributed by atoms with van der Waals surface area (Å²) < 4.78 is 40.7. The molecule has 3 aromatic rings. The number of alkyl halides is 3. The Hall–Kier alpha value is -2.48. The number of nitrogens with zero attached hydrogens (tertiary/aromatic N) is 3. The summed E-state index contributed by atoms with van der Waals surface area (Å²) in [4.78, 5) is 8.04. The first-order chi connectivity index (χ1) is 12.8. The van der Waals surface area contributed by atoms with E-state index in [0.717, 1.165) is 41.3 Å². The number of anilines is 1. The molecule has 0 bridgehead atoms. The molecule has 0 radical (unpaired) electrons. The van der Waals surface area contributed by atoms with Crippen molar-refractivity contribution in [2.24, 2.45) is 7.05 Å². The van der Waals surface area contributed by atoms with E-state index >= 15 is 0 Å². The Morgan fingerprint density at radius 3 is 2.63 bits per heavy atom. The number of fused-ring (bicyclic) bond motifs is 1. The van der Waals surface area contributed by atoms with Gasteiger partial charge in [0, 0.05) is 18.3 Å². The molecule has 3 rings (SSSR count). The number of hydrogen-bond acceptors (Lipinski definition) is 3. The molecule has 0 atom stereocenters. The number of benzene rings is 1. The summed E-state index contributed by atoms with van der Waals surface area (Å²) in [6, 6.07) is 5.01. The molecule has 142 valence electrons. The van der Waals surface area contributed by atoms with Crippen molar-refractivity contribution in [3.8, 4) is 11.4 Å². The number of imidazole rings is 1. The first-order valence-electron chi connectivity index (χ1n) is 8.50. The van der Waals surface area contributed by atoms with Crippen LogP contribution in [0.2, 0.25) is 0 Å². The molecule has 27 heavy (non-hydrogen) atoms. The Kier molecular flexibility index (Phi) is 5.19. The fourth-order valence-electron chi connectivity index (χ4n) is 3.14. The lowest BCUT2D eigenvalue weighted by atomic mass is 9.98. The van der Waals surface area contributed by atoms with Crippen LogP contribution >= 0.6 is 12.2 Å². The Morgan fingerprint density at radius 2 is 2.00 bits per heavy atom. The molecule has 0 amide bonds. The van der Waals surface area contributed by atoms with E-state index in [-0.39, 0.29) is 5.52 Å². The van der Waals surface area contributed by atoms with Crippen LogP contribution in [0.5, 0.6) is 0 Å². The second-order valence-electron chi connectivity index (χ2n) is 6.39. The largest absolute Gasteiger partial charge is 0.433 e. The highest BCUT2D eigenvalue weighted by atomic mass is 32.1. The molecule has 2 aromatic heterocycles. The van der Waals surface area contributed by atoms with Gasteiger partial charge in [-0.1, -0.05) is 25.6 Å². The number of rotatable bonds is 5. The van der Waals surface area contributed by atoms with E-state index in [4.69, 9.17) is 12.2 Å². The van der Waals surface area contributed by atoms with Crippen LogP contribution in [0.1, 0.15) is 30.2 Å². The van der Waals surface area contributed by atoms with Crippen molar-refractivity contribution in [3.05, 3.63) is 41.2 Å². The van der Waals surface area contributed by atoms with E-state index in [9.17, 15) is 13.2 Å². The zero-order chi connectivity index (χ0) is 19.8. The highest BCUT2D eigenvalue weighted by Crippen LogP contribution is 2.33. The van der Waals surface area contributed by atoms with Crippen LogP contribution in [0, 0.1) is 6.92 Å². The molecule has 0 unspecified atom stereocenters. The summed E-state index contributed by atoms with van der Waals surface area (Å²) in [5.74, 6) is 0.617. The van der Waals surface area contributed by atoms with Gasteiger partial charge in [0.05, 0.1) is 22.7 Å². The van der Waals surface area contributed by atoms with Gasteiger partial charge in [0.2, 0.25) is 0 Å². The van der Waals surface area contributed by atoms with Crippen LogP contribution in [-0.2, 0) is 19.6 Å². The van der Waals surface area contributed by atoms with Crippen molar-refractivity contribution in [1.82, 2.24) is 14.5 Å². The first kappa shape index (κ1) is 19.3. The van der Waals surface area contributed by atoms with Gasteiger partial charge in [-0.15, -0.1) is 0 Å². The summed E-state index contributed by atoms with van der Waals surface area (Å²) in [7, 11) is 1.79. The third-order valence-electron chi connectivity index (χ3n) is 4.48. The van der Waals surface area contributed by atoms with E-state index in [1.807, 2.05) is 19.1 Å². The topological polar surface area (TPSA) is 42.7 Å². The number of hydrogen-bond donors (Lipinski definition) is 1. The lowest BCUT2D eigenvalue weighted by Crippen LogP contribution is -2.07. The minimum absolute atomic E-state index is 0.274. The Bertz CT molecular complexity index is 1010. The smallest absolute Gasteiger partial charge is 0.352 e. The maximum atomic E-state index is 13.0. The van der Waals surface area contributed by atoms with E-state index in [0.29, 0.717) is 11.3 Å². The molecule has 0 aliphatic rings. The molecule has 4 nitrogen and oxygen atoms in total. The molecule has 0 aliphatic heterocycles. The molecule has 0 saturated heterocycles. The van der Waals surface area contributed by atoms with Gasteiger partial charge in [-0.3, -0.25) is 0 Å². The van der Waals surface area contributed by atoms with Gasteiger partial charge < -0.3 is 9.88 Å². The number of halogens is 3. The number of thiocarbonyl (C=S) groups is 1. The molecule has 2 heterocycles. The fourth-order valence-corrected chi connectivity index (χ4v) is 3.27. The summed E-state index contributed by atoms with van der Waals surface area (Å²) in [6.07, 6.45) is -1.53. The predicted octanol–water partition coefficient (Wildman–Crippen LogP) is 5.28. The predicted molar refractivity (Wildman–Crippen MR) is 105 cm³/mol. The van der Waals surface area contributed by atoms with E-state index < -0.39 is 11.9 Å². The standard InChI is InChI=1S/C19H19F3N4S/c1-4-5-12-7-14(24-10-27)11(2)6-13(12)18-25-15-8-17(19(20,21)22)23-9-16(15)26(18)3/h6-10H,4-5H2,1-3H3,(H,24,27). The lowest BCUT2D eigenvalue weighted by Gasteiger charge is -2.14. The van der Waals surface area contributed by atoms with Gasteiger partial charge in [-0.2, -0.15) is 13.2 Å². The zero-order valence-corrected chi connectivity index (χ0v) is 16.0. The van der Waals surface area contributed by atoms with Crippen molar-refractivity contribution in [3.63, 3.8) is 0 Å². The molecule has 0 saturated carbocycles. The summed E-state index contributed by atoms with van der Waals surface area (Å²) in [5.41, 5.74) is 5.20. The van der Waals surface area contributed by atoms with Crippen LogP contribution in [0.3, 0.4) is 0 Å². The van der Waals surface area contributed by atoms with Gasteiger partial charge in [0.15, 0.2) is 0 Å². The average molecular weight is 392 g/mol. The molecule has 0 spiro atoms. The van der Waals surface area contributed by atoms with Crippen molar-refractivity contribution >= 4 is 34.4 Å². The molecule has 1 N–H and O–H groups in total. The molecule has 0 aliphatic carbocycles. The maximum Gasteiger partial charge on any atom is 0.433 e. The highest BCUT2D eigenvalue weighted by Gasteiger charge is 2.33. The first-order valence-corrected chi connectivity index (χ1v) is 8.97. The van der Waals surface area contributed by atoms with Crippen LogP contribution < -0.4 is 5.32 Å². The monoisotopic (exact) mass is 392 g/mol. The minimum Gasteiger partial charge on any atom is -0.352 e. The summed E-state index contributed by atoms with van der Waals surface area (Å²) >= 11 is 4.88. The quantitative estimate of drug-likeness (QED) is 0.600. The van der Waals surface area contributed by atoms with Gasteiger partial charge in [0.25, 0.3) is 0 Å². The van der Waals surface area contributed by atoms with Crippen LogP contribution in [0.15, 0.2) is 24.4 Å². The van der Waals surface area contributed by atoms with Crippen LogP contribution in [0.4, 0.5) is 18.9 Å².